The summed E-state index contributed by atoms with van der Waals surface area (Å²) < 4.78 is 10.4. The first kappa shape index (κ1) is 12.9. The number of rotatable bonds is 4. The van der Waals surface area contributed by atoms with Crippen molar-refractivity contribution in [3.8, 4) is 11.5 Å². The molecule has 0 aliphatic rings. The van der Waals surface area contributed by atoms with Crippen LogP contribution in [-0.4, -0.2) is 20.8 Å². The Hall–Kier alpha value is -1.19. The van der Waals surface area contributed by atoms with Crippen LogP contribution in [0.15, 0.2) is 12.1 Å². The first-order valence-electron chi connectivity index (χ1n) is 4.93. The lowest BCUT2D eigenvalue weighted by molar-refractivity contribution is 0.355. The van der Waals surface area contributed by atoms with Crippen molar-refractivity contribution in [1.82, 2.24) is 0 Å². The second kappa shape index (κ2) is 5.77. The Bertz CT molecular complexity index is 402. The molecule has 0 atom stereocenters. The summed E-state index contributed by atoms with van der Waals surface area (Å²) in [4.78, 5) is 0. The van der Waals surface area contributed by atoms with Crippen molar-refractivity contribution in [3.05, 3.63) is 28.3 Å². The van der Waals surface area contributed by atoms with Crippen molar-refractivity contribution >= 4 is 17.7 Å². The lowest BCUT2D eigenvalue weighted by Crippen LogP contribution is -1.96. The summed E-state index contributed by atoms with van der Waals surface area (Å²) in [7, 11) is 3.15. The third-order valence-corrected chi connectivity index (χ3v) is 2.65. The fourth-order valence-electron chi connectivity index (χ4n) is 1.48. The normalized spacial score (nSPS) is 10.8. The Labute approximate surface area is 101 Å². The Kier molecular flexibility index (Phi) is 4.65. The van der Waals surface area contributed by atoms with Crippen molar-refractivity contribution in [3.63, 3.8) is 0 Å². The van der Waals surface area contributed by atoms with E-state index in [2.05, 4.69) is 0 Å². The van der Waals surface area contributed by atoms with E-state index in [0.717, 1.165) is 11.1 Å². The molecule has 0 bridgehead atoms. The standard InChI is InChI=1S/C12H16ClNO2/c1-8-7-10(15-2)12(16-3)11(13)9(8)5-4-6-14/h4-5,7H,6,14H2,1-3H3/b5-4+. The fourth-order valence-corrected chi connectivity index (χ4v) is 1.86. The Morgan fingerprint density at radius 1 is 1.38 bits per heavy atom. The van der Waals surface area contributed by atoms with Gasteiger partial charge in [-0.25, -0.2) is 0 Å². The maximum Gasteiger partial charge on any atom is 0.180 e. The molecule has 0 fully saturated rings. The highest BCUT2D eigenvalue weighted by Gasteiger charge is 2.14. The second-order valence-corrected chi connectivity index (χ2v) is 3.67. The molecule has 0 aliphatic heterocycles. The highest BCUT2D eigenvalue weighted by molar-refractivity contribution is 6.34. The lowest BCUT2D eigenvalue weighted by atomic mass is 10.1. The maximum atomic E-state index is 6.24. The van der Waals surface area contributed by atoms with Crippen molar-refractivity contribution in [2.45, 2.75) is 6.92 Å². The van der Waals surface area contributed by atoms with E-state index in [4.69, 9.17) is 26.8 Å². The summed E-state index contributed by atoms with van der Waals surface area (Å²) in [6.45, 7) is 2.44. The van der Waals surface area contributed by atoms with Crippen molar-refractivity contribution in [2.75, 3.05) is 20.8 Å². The van der Waals surface area contributed by atoms with Crippen LogP contribution in [0.4, 0.5) is 0 Å². The Morgan fingerprint density at radius 3 is 2.56 bits per heavy atom. The van der Waals surface area contributed by atoms with Crippen LogP contribution >= 0.6 is 11.6 Å². The third kappa shape index (κ3) is 2.49. The molecule has 2 N–H and O–H groups in total. The van der Waals surface area contributed by atoms with Gasteiger partial charge in [0.05, 0.1) is 19.2 Å². The summed E-state index contributed by atoms with van der Waals surface area (Å²) in [5.74, 6) is 1.18. The van der Waals surface area contributed by atoms with E-state index in [1.165, 1.54) is 0 Å². The maximum absolute atomic E-state index is 6.24. The molecule has 0 spiro atoms. The zero-order chi connectivity index (χ0) is 12.1. The SMILES string of the molecule is COc1cc(C)c(/C=C/CN)c(Cl)c1OC. The van der Waals surface area contributed by atoms with E-state index in [-0.39, 0.29) is 0 Å². The van der Waals surface area contributed by atoms with E-state index in [9.17, 15) is 0 Å². The molecule has 0 radical (unpaired) electrons. The number of benzene rings is 1. The molecule has 1 aromatic rings. The minimum atomic E-state index is 0.476. The Morgan fingerprint density at radius 2 is 2.06 bits per heavy atom. The molecule has 0 saturated heterocycles. The summed E-state index contributed by atoms with van der Waals surface area (Å²) in [5, 5.41) is 0.545. The summed E-state index contributed by atoms with van der Waals surface area (Å²) in [6, 6.07) is 1.89. The van der Waals surface area contributed by atoms with Crippen LogP contribution in [0.3, 0.4) is 0 Å². The van der Waals surface area contributed by atoms with Gasteiger partial charge in [-0.3, -0.25) is 0 Å². The van der Waals surface area contributed by atoms with Gasteiger partial charge >= 0.3 is 0 Å². The van der Waals surface area contributed by atoms with Gasteiger partial charge in [0.15, 0.2) is 11.5 Å². The molecule has 88 valence electrons. The van der Waals surface area contributed by atoms with Crippen LogP contribution in [0, 0.1) is 6.92 Å². The molecule has 1 aromatic carbocycles. The molecule has 0 saturated carbocycles. The molecular formula is C12H16ClNO2. The van der Waals surface area contributed by atoms with Crippen LogP contribution in [0.1, 0.15) is 11.1 Å². The van der Waals surface area contributed by atoms with E-state index in [1.807, 2.05) is 25.1 Å². The van der Waals surface area contributed by atoms with Gasteiger partial charge in [0.1, 0.15) is 0 Å². The number of hydrogen-bond acceptors (Lipinski definition) is 3. The number of ether oxygens (including phenoxy) is 2. The predicted octanol–water partition coefficient (Wildman–Crippen LogP) is 2.64. The van der Waals surface area contributed by atoms with E-state index >= 15 is 0 Å². The van der Waals surface area contributed by atoms with Crippen LogP contribution in [0.25, 0.3) is 6.08 Å². The molecule has 0 unspecified atom stereocenters. The minimum absolute atomic E-state index is 0.476. The number of hydrogen-bond donors (Lipinski definition) is 1. The van der Waals surface area contributed by atoms with Gasteiger partial charge in [0, 0.05) is 6.54 Å². The molecule has 3 nitrogen and oxygen atoms in total. The topological polar surface area (TPSA) is 44.5 Å². The van der Waals surface area contributed by atoms with Gasteiger partial charge in [0.2, 0.25) is 0 Å². The van der Waals surface area contributed by atoms with Gasteiger partial charge in [-0.1, -0.05) is 23.8 Å². The highest BCUT2D eigenvalue weighted by atomic mass is 35.5. The largest absolute Gasteiger partial charge is 0.493 e. The van der Waals surface area contributed by atoms with Crippen molar-refractivity contribution in [1.29, 1.82) is 0 Å². The zero-order valence-electron chi connectivity index (χ0n) is 9.71. The van der Waals surface area contributed by atoms with Gasteiger partial charge in [0.25, 0.3) is 0 Å². The smallest absolute Gasteiger partial charge is 0.180 e. The average Bonchev–Trinajstić information content (AvgIpc) is 2.28. The minimum Gasteiger partial charge on any atom is -0.493 e. The molecule has 1 rings (SSSR count). The van der Waals surface area contributed by atoms with Gasteiger partial charge < -0.3 is 15.2 Å². The molecular weight excluding hydrogens is 226 g/mol. The van der Waals surface area contributed by atoms with Crippen molar-refractivity contribution in [2.24, 2.45) is 5.73 Å². The number of halogens is 1. The summed E-state index contributed by atoms with van der Waals surface area (Å²) in [6.07, 6.45) is 3.74. The second-order valence-electron chi connectivity index (χ2n) is 3.29. The molecule has 0 aromatic heterocycles. The first-order chi connectivity index (χ1) is 7.65. The van der Waals surface area contributed by atoms with Crippen LogP contribution in [0.2, 0.25) is 5.02 Å². The van der Waals surface area contributed by atoms with Gasteiger partial charge in [-0.2, -0.15) is 0 Å². The monoisotopic (exact) mass is 241 g/mol. The average molecular weight is 242 g/mol. The molecule has 0 heterocycles. The first-order valence-corrected chi connectivity index (χ1v) is 5.31. The molecule has 0 amide bonds. The molecule has 0 aliphatic carbocycles. The molecule has 16 heavy (non-hydrogen) atoms. The van der Waals surface area contributed by atoms with Crippen LogP contribution in [0.5, 0.6) is 11.5 Å². The van der Waals surface area contributed by atoms with Crippen LogP contribution < -0.4 is 15.2 Å². The fraction of sp³-hybridized carbons (Fsp3) is 0.333. The molecule has 4 heteroatoms. The third-order valence-electron chi connectivity index (χ3n) is 2.28. The lowest BCUT2D eigenvalue weighted by Gasteiger charge is -2.13. The van der Waals surface area contributed by atoms with Gasteiger partial charge in [-0.15, -0.1) is 0 Å². The van der Waals surface area contributed by atoms with E-state index in [0.29, 0.717) is 23.1 Å². The van der Waals surface area contributed by atoms with Crippen molar-refractivity contribution < 1.29 is 9.47 Å². The number of aryl methyl sites for hydroxylation is 1. The van der Waals surface area contributed by atoms with Crippen LogP contribution in [-0.2, 0) is 0 Å². The number of methoxy groups -OCH3 is 2. The van der Waals surface area contributed by atoms with E-state index < -0.39 is 0 Å². The quantitative estimate of drug-likeness (QED) is 0.882. The Balaban J connectivity index is 3.34. The zero-order valence-corrected chi connectivity index (χ0v) is 10.5. The number of nitrogens with two attached hydrogens (primary N) is 1. The van der Waals surface area contributed by atoms with E-state index in [1.54, 1.807) is 14.2 Å². The predicted molar refractivity (Wildman–Crippen MR) is 67.4 cm³/mol. The summed E-state index contributed by atoms with van der Waals surface area (Å²) >= 11 is 6.24. The van der Waals surface area contributed by atoms with Gasteiger partial charge in [-0.05, 0) is 24.1 Å². The highest BCUT2D eigenvalue weighted by Crippen LogP contribution is 2.39. The summed E-state index contributed by atoms with van der Waals surface area (Å²) in [5.41, 5.74) is 7.35.